The minimum Gasteiger partial charge on any atom is -0.354 e. The fraction of sp³-hybridized carbons (Fsp3) is 0. The quantitative estimate of drug-likeness (QED) is 0.621. The van der Waals surface area contributed by atoms with Gasteiger partial charge in [-0.3, -0.25) is 0 Å². The van der Waals surface area contributed by atoms with Crippen molar-refractivity contribution in [3.05, 3.63) is 52.5 Å². The van der Waals surface area contributed by atoms with Crippen molar-refractivity contribution in [2.24, 2.45) is 0 Å². The van der Waals surface area contributed by atoms with E-state index in [9.17, 15) is 0 Å². The van der Waals surface area contributed by atoms with Gasteiger partial charge in [0.15, 0.2) is 0 Å². The summed E-state index contributed by atoms with van der Waals surface area (Å²) in [6, 6.07) is 12.0. The summed E-state index contributed by atoms with van der Waals surface area (Å²) in [6.45, 7) is 0. The molecule has 17 heavy (non-hydrogen) atoms. The summed E-state index contributed by atoms with van der Waals surface area (Å²) in [5.41, 5.74) is 4.65. The molecule has 0 fully saturated rings. The summed E-state index contributed by atoms with van der Waals surface area (Å²) in [5.74, 6) is 0. The standard InChI is InChI=1S/C14H9Cl2N/c15-8-7-9-5-6-11(16)13-10-3-1-2-4-12(10)17-14(9)13/h1-8,17H. The molecule has 0 radical (unpaired) electrons. The number of aromatic nitrogens is 1. The van der Waals surface area contributed by atoms with Gasteiger partial charge in [-0.15, -0.1) is 0 Å². The van der Waals surface area contributed by atoms with E-state index < -0.39 is 0 Å². The highest BCUT2D eigenvalue weighted by Crippen LogP contribution is 2.33. The van der Waals surface area contributed by atoms with Crippen molar-refractivity contribution in [3.8, 4) is 0 Å². The molecule has 1 aromatic heterocycles. The van der Waals surface area contributed by atoms with E-state index in [1.54, 1.807) is 0 Å². The van der Waals surface area contributed by atoms with Crippen LogP contribution in [0.25, 0.3) is 27.9 Å². The molecule has 84 valence electrons. The average Bonchev–Trinajstić information content (AvgIpc) is 2.73. The van der Waals surface area contributed by atoms with Gasteiger partial charge in [-0.1, -0.05) is 47.5 Å². The van der Waals surface area contributed by atoms with E-state index in [4.69, 9.17) is 23.2 Å². The van der Waals surface area contributed by atoms with Crippen molar-refractivity contribution in [1.29, 1.82) is 0 Å². The Kier molecular flexibility index (Phi) is 2.58. The van der Waals surface area contributed by atoms with E-state index in [0.29, 0.717) is 0 Å². The van der Waals surface area contributed by atoms with Gasteiger partial charge in [0.25, 0.3) is 0 Å². The molecule has 0 aliphatic carbocycles. The molecule has 3 heteroatoms. The van der Waals surface area contributed by atoms with Crippen molar-refractivity contribution < 1.29 is 0 Å². The van der Waals surface area contributed by atoms with Crippen molar-refractivity contribution in [1.82, 2.24) is 4.98 Å². The molecule has 1 N–H and O–H groups in total. The first-order chi connectivity index (χ1) is 8.31. The third-order valence-corrected chi connectivity index (χ3v) is 3.33. The summed E-state index contributed by atoms with van der Waals surface area (Å²) >= 11 is 11.9. The summed E-state index contributed by atoms with van der Waals surface area (Å²) in [4.78, 5) is 3.38. The number of benzene rings is 2. The van der Waals surface area contributed by atoms with Crippen LogP contribution in [0.2, 0.25) is 5.02 Å². The molecule has 0 aliphatic rings. The Morgan fingerprint density at radius 3 is 2.71 bits per heavy atom. The lowest BCUT2D eigenvalue weighted by Gasteiger charge is -1.99. The first kappa shape index (κ1) is 10.7. The molecule has 0 saturated carbocycles. The number of aromatic amines is 1. The Bertz CT molecular complexity index is 725. The van der Waals surface area contributed by atoms with E-state index in [2.05, 4.69) is 11.1 Å². The SMILES string of the molecule is ClC=Cc1ccc(Cl)c2c1[nH]c1ccccc12. The molecule has 0 saturated heterocycles. The minimum absolute atomic E-state index is 0.754. The number of para-hydroxylation sites is 1. The monoisotopic (exact) mass is 261 g/mol. The lowest BCUT2D eigenvalue weighted by Crippen LogP contribution is -1.77. The molecule has 0 amide bonds. The van der Waals surface area contributed by atoms with Crippen LogP contribution in [0.1, 0.15) is 5.56 Å². The van der Waals surface area contributed by atoms with E-state index in [0.717, 1.165) is 32.4 Å². The summed E-state index contributed by atoms with van der Waals surface area (Å²) in [5, 5.41) is 2.94. The van der Waals surface area contributed by atoms with Crippen LogP contribution in [0.15, 0.2) is 41.9 Å². The second-order valence-electron chi connectivity index (χ2n) is 3.85. The molecule has 0 bridgehead atoms. The number of nitrogens with one attached hydrogen (secondary N) is 1. The Hall–Kier alpha value is -1.44. The second kappa shape index (κ2) is 4.10. The van der Waals surface area contributed by atoms with E-state index in [-0.39, 0.29) is 0 Å². The highest BCUT2D eigenvalue weighted by molar-refractivity contribution is 6.38. The van der Waals surface area contributed by atoms with Crippen molar-refractivity contribution in [2.75, 3.05) is 0 Å². The predicted octanol–water partition coefficient (Wildman–Crippen LogP) is 5.18. The van der Waals surface area contributed by atoms with Crippen molar-refractivity contribution in [3.63, 3.8) is 0 Å². The highest BCUT2D eigenvalue weighted by atomic mass is 35.5. The first-order valence-corrected chi connectivity index (χ1v) is 6.08. The topological polar surface area (TPSA) is 15.8 Å². The zero-order valence-corrected chi connectivity index (χ0v) is 10.4. The number of halogens is 2. The molecule has 0 aliphatic heterocycles. The predicted molar refractivity (Wildman–Crippen MR) is 75.7 cm³/mol. The van der Waals surface area contributed by atoms with Crippen LogP contribution in [0, 0.1) is 0 Å². The number of rotatable bonds is 1. The van der Waals surface area contributed by atoms with Crippen LogP contribution >= 0.6 is 23.2 Å². The molecule has 2 aromatic carbocycles. The molecule has 0 atom stereocenters. The van der Waals surface area contributed by atoms with Gasteiger partial charge in [-0.25, -0.2) is 0 Å². The maximum atomic E-state index is 6.27. The Labute approximate surface area is 109 Å². The number of hydrogen-bond acceptors (Lipinski definition) is 0. The van der Waals surface area contributed by atoms with Crippen LogP contribution in [-0.2, 0) is 0 Å². The molecule has 0 spiro atoms. The van der Waals surface area contributed by atoms with Gasteiger partial charge in [0, 0.05) is 21.8 Å². The summed E-state index contributed by atoms with van der Waals surface area (Å²) in [6.07, 6.45) is 1.86. The van der Waals surface area contributed by atoms with Gasteiger partial charge in [0.1, 0.15) is 0 Å². The lowest BCUT2D eigenvalue weighted by atomic mass is 10.1. The van der Waals surface area contributed by atoms with Crippen LogP contribution in [-0.4, -0.2) is 4.98 Å². The van der Waals surface area contributed by atoms with Gasteiger partial charge in [-0.05, 0) is 23.8 Å². The van der Waals surface area contributed by atoms with Crippen LogP contribution in [0.3, 0.4) is 0 Å². The minimum atomic E-state index is 0.754. The van der Waals surface area contributed by atoms with Gasteiger partial charge in [-0.2, -0.15) is 0 Å². The fourth-order valence-electron chi connectivity index (χ4n) is 2.14. The zero-order valence-electron chi connectivity index (χ0n) is 8.87. The smallest absolute Gasteiger partial charge is 0.0553 e. The fourth-order valence-corrected chi connectivity index (χ4v) is 2.54. The van der Waals surface area contributed by atoms with Crippen LogP contribution in [0.5, 0.6) is 0 Å². The van der Waals surface area contributed by atoms with E-state index >= 15 is 0 Å². The Morgan fingerprint density at radius 2 is 1.88 bits per heavy atom. The summed E-state index contributed by atoms with van der Waals surface area (Å²) < 4.78 is 0. The zero-order chi connectivity index (χ0) is 11.8. The molecule has 1 heterocycles. The van der Waals surface area contributed by atoms with Crippen molar-refractivity contribution in [2.45, 2.75) is 0 Å². The van der Waals surface area contributed by atoms with Gasteiger partial charge in [0.05, 0.1) is 10.5 Å². The maximum absolute atomic E-state index is 6.27. The number of fused-ring (bicyclic) bond motifs is 3. The molecule has 1 nitrogen and oxygen atoms in total. The molecule has 0 unspecified atom stereocenters. The normalized spacial score (nSPS) is 11.9. The van der Waals surface area contributed by atoms with Gasteiger partial charge in [0.2, 0.25) is 0 Å². The van der Waals surface area contributed by atoms with E-state index in [1.165, 1.54) is 5.54 Å². The third-order valence-electron chi connectivity index (χ3n) is 2.89. The molecular formula is C14H9Cl2N. The average molecular weight is 262 g/mol. The largest absolute Gasteiger partial charge is 0.354 e. The number of hydrogen-bond donors (Lipinski definition) is 1. The maximum Gasteiger partial charge on any atom is 0.0553 e. The molecule has 3 rings (SSSR count). The van der Waals surface area contributed by atoms with Crippen LogP contribution in [0.4, 0.5) is 0 Å². The Morgan fingerprint density at radius 1 is 1.06 bits per heavy atom. The van der Waals surface area contributed by atoms with Crippen LogP contribution < -0.4 is 0 Å². The third kappa shape index (κ3) is 1.63. The first-order valence-electron chi connectivity index (χ1n) is 5.27. The van der Waals surface area contributed by atoms with Crippen molar-refractivity contribution >= 4 is 51.1 Å². The highest BCUT2D eigenvalue weighted by Gasteiger charge is 2.09. The van der Waals surface area contributed by atoms with Gasteiger partial charge >= 0.3 is 0 Å². The summed E-state index contributed by atoms with van der Waals surface area (Å²) in [7, 11) is 0. The Balaban J connectivity index is 2.53. The molecule has 3 aromatic rings. The molecular weight excluding hydrogens is 253 g/mol. The second-order valence-corrected chi connectivity index (χ2v) is 4.51. The number of H-pyrrole nitrogens is 1. The lowest BCUT2D eigenvalue weighted by molar-refractivity contribution is 1.53. The van der Waals surface area contributed by atoms with Gasteiger partial charge < -0.3 is 4.98 Å². The van der Waals surface area contributed by atoms with E-state index in [1.807, 2.05) is 36.4 Å².